The number of likely N-dealkylation sites (tertiary alicyclic amines) is 1. The van der Waals surface area contributed by atoms with Crippen LogP contribution >= 0.6 is 0 Å². The van der Waals surface area contributed by atoms with Crippen LogP contribution in [0, 0.1) is 6.92 Å². The molecule has 3 N–H and O–H groups in total. The van der Waals surface area contributed by atoms with Crippen molar-refractivity contribution in [3.05, 3.63) is 35.5 Å². The number of H-pyrrole nitrogens is 1. The molecule has 1 aliphatic heterocycles. The van der Waals surface area contributed by atoms with E-state index in [2.05, 4.69) is 24.0 Å². The number of rotatable bonds is 2. The van der Waals surface area contributed by atoms with Gasteiger partial charge in [0, 0.05) is 35.2 Å². The molecule has 1 fully saturated rings. The van der Waals surface area contributed by atoms with Gasteiger partial charge in [-0.15, -0.1) is 0 Å². The molecule has 1 aromatic heterocycles. The Morgan fingerprint density at radius 3 is 2.79 bits per heavy atom. The Morgan fingerprint density at radius 2 is 2.08 bits per heavy atom. The van der Waals surface area contributed by atoms with Gasteiger partial charge in [0.25, 0.3) is 0 Å². The fraction of sp³-hybridized carbons (Fsp3) is 0.526. The molecule has 1 aromatic carbocycles. The van der Waals surface area contributed by atoms with E-state index in [0.717, 1.165) is 24.1 Å². The number of aryl methyl sites for hydroxylation is 1. The number of benzene rings is 1. The Labute approximate surface area is 143 Å². The molecule has 24 heavy (non-hydrogen) atoms. The largest absolute Gasteiger partial charge is 0.444 e. The van der Waals surface area contributed by atoms with E-state index in [0.29, 0.717) is 6.54 Å². The third-order valence-electron chi connectivity index (χ3n) is 4.54. The summed E-state index contributed by atoms with van der Waals surface area (Å²) in [6, 6.07) is 8.37. The number of para-hydroxylation sites is 1. The number of fused-ring (bicyclic) bond motifs is 1. The number of carbonyl (C=O) groups is 1. The van der Waals surface area contributed by atoms with Gasteiger partial charge in [0.1, 0.15) is 5.60 Å². The van der Waals surface area contributed by atoms with E-state index >= 15 is 0 Å². The van der Waals surface area contributed by atoms with E-state index in [4.69, 9.17) is 10.5 Å². The van der Waals surface area contributed by atoms with E-state index in [9.17, 15) is 4.79 Å². The molecule has 1 saturated heterocycles. The van der Waals surface area contributed by atoms with Crippen molar-refractivity contribution in [1.82, 2.24) is 9.88 Å². The van der Waals surface area contributed by atoms with E-state index < -0.39 is 5.60 Å². The minimum absolute atomic E-state index is 0.00744. The van der Waals surface area contributed by atoms with Crippen LogP contribution in [0.5, 0.6) is 0 Å². The van der Waals surface area contributed by atoms with Crippen LogP contribution in [0.1, 0.15) is 38.4 Å². The smallest absolute Gasteiger partial charge is 0.410 e. The van der Waals surface area contributed by atoms with Gasteiger partial charge < -0.3 is 20.4 Å². The van der Waals surface area contributed by atoms with Crippen molar-refractivity contribution in [2.24, 2.45) is 5.73 Å². The van der Waals surface area contributed by atoms with Crippen molar-refractivity contribution < 1.29 is 9.53 Å². The van der Waals surface area contributed by atoms with Gasteiger partial charge in [-0.05, 0) is 52.2 Å². The van der Waals surface area contributed by atoms with Crippen molar-refractivity contribution in [2.75, 3.05) is 6.54 Å². The summed E-state index contributed by atoms with van der Waals surface area (Å²) in [5, 5.41) is 1.22. The molecule has 5 nitrogen and oxygen atoms in total. The van der Waals surface area contributed by atoms with Crippen molar-refractivity contribution in [3.8, 4) is 0 Å². The molecule has 0 bridgehead atoms. The Morgan fingerprint density at radius 1 is 1.38 bits per heavy atom. The second-order valence-electron chi connectivity index (χ2n) is 7.76. The lowest BCUT2D eigenvalue weighted by atomic mass is 10.0. The molecule has 0 unspecified atom stereocenters. The molecule has 130 valence electrons. The SMILES string of the molecule is Cc1[nH]c2ccccc2c1C[C@H]1C[C@H](N)CN1C(=O)OC(C)(C)C. The number of nitrogens with one attached hydrogen (secondary N) is 1. The lowest BCUT2D eigenvalue weighted by Gasteiger charge is -2.28. The zero-order valence-corrected chi connectivity index (χ0v) is 14.9. The summed E-state index contributed by atoms with van der Waals surface area (Å²) >= 11 is 0. The summed E-state index contributed by atoms with van der Waals surface area (Å²) in [7, 11) is 0. The Bertz CT molecular complexity index is 745. The maximum absolute atomic E-state index is 12.5. The Balaban J connectivity index is 1.84. The predicted octanol–water partition coefficient (Wildman–Crippen LogP) is 3.36. The summed E-state index contributed by atoms with van der Waals surface area (Å²) in [5.41, 5.74) is 9.20. The highest BCUT2D eigenvalue weighted by Gasteiger charge is 2.36. The molecule has 0 saturated carbocycles. The van der Waals surface area contributed by atoms with Gasteiger partial charge in [-0.2, -0.15) is 0 Å². The second-order valence-corrected chi connectivity index (χ2v) is 7.76. The zero-order valence-electron chi connectivity index (χ0n) is 14.9. The fourth-order valence-corrected chi connectivity index (χ4v) is 3.52. The molecule has 0 aliphatic carbocycles. The first-order chi connectivity index (χ1) is 11.2. The number of amides is 1. The van der Waals surface area contributed by atoms with Gasteiger partial charge in [-0.3, -0.25) is 0 Å². The number of aromatic nitrogens is 1. The first-order valence-corrected chi connectivity index (χ1v) is 8.56. The van der Waals surface area contributed by atoms with E-state index in [-0.39, 0.29) is 18.2 Å². The van der Waals surface area contributed by atoms with Gasteiger partial charge in [0.2, 0.25) is 0 Å². The minimum atomic E-state index is -0.495. The van der Waals surface area contributed by atoms with Crippen LogP contribution in [0.15, 0.2) is 24.3 Å². The molecule has 1 amide bonds. The molecule has 0 radical (unpaired) electrons. The molecule has 5 heteroatoms. The van der Waals surface area contributed by atoms with Crippen molar-refractivity contribution >= 4 is 17.0 Å². The monoisotopic (exact) mass is 329 g/mol. The fourth-order valence-electron chi connectivity index (χ4n) is 3.52. The average molecular weight is 329 g/mol. The normalized spacial score (nSPS) is 21.5. The highest BCUT2D eigenvalue weighted by Crippen LogP contribution is 2.28. The third kappa shape index (κ3) is 3.41. The Kier molecular flexibility index (Phi) is 4.30. The van der Waals surface area contributed by atoms with Gasteiger partial charge in [-0.1, -0.05) is 18.2 Å². The average Bonchev–Trinajstić information content (AvgIpc) is 2.99. The van der Waals surface area contributed by atoms with Gasteiger partial charge in [-0.25, -0.2) is 4.79 Å². The van der Waals surface area contributed by atoms with E-state index in [1.54, 1.807) is 4.90 Å². The van der Waals surface area contributed by atoms with Crippen molar-refractivity contribution in [2.45, 2.75) is 58.2 Å². The number of nitrogens with two attached hydrogens (primary N) is 1. The minimum Gasteiger partial charge on any atom is -0.444 e. The van der Waals surface area contributed by atoms with Crippen LogP contribution in [0.2, 0.25) is 0 Å². The molecule has 2 atom stereocenters. The molecular formula is C19H27N3O2. The number of hydrogen-bond donors (Lipinski definition) is 2. The maximum Gasteiger partial charge on any atom is 0.410 e. The van der Waals surface area contributed by atoms with E-state index in [1.807, 2.05) is 32.9 Å². The maximum atomic E-state index is 12.5. The first-order valence-electron chi connectivity index (χ1n) is 8.56. The van der Waals surface area contributed by atoms with Crippen LogP contribution in [0.3, 0.4) is 0 Å². The van der Waals surface area contributed by atoms with Crippen molar-refractivity contribution in [1.29, 1.82) is 0 Å². The second kappa shape index (κ2) is 6.13. The number of carbonyl (C=O) groups excluding carboxylic acids is 1. The third-order valence-corrected chi connectivity index (χ3v) is 4.54. The lowest BCUT2D eigenvalue weighted by molar-refractivity contribution is 0.0225. The molecule has 2 heterocycles. The Hall–Kier alpha value is -2.01. The summed E-state index contributed by atoms with van der Waals surface area (Å²) < 4.78 is 5.56. The van der Waals surface area contributed by atoms with Crippen LogP contribution in [0.25, 0.3) is 10.9 Å². The quantitative estimate of drug-likeness (QED) is 0.887. The van der Waals surface area contributed by atoms with Gasteiger partial charge >= 0.3 is 6.09 Å². The highest BCUT2D eigenvalue weighted by atomic mass is 16.6. The molecule has 3 rings (SSSR count). The highest BCUT2D eigenvalue weighted by molar-refractivity contribution is 5.84. The van der Waals surface area contributed by atoms with Gasteiger partial charge in [0.15, 0.2) is 0 Å². The number of aromatic amines is 1. The summed E-state index contributed by atoms with van der Waals surface area (Å²) in [5.74, 6) is 0. The van der Waals surface area contributed by atoms with Gasteiger partial charge in [0.05, 0.1) is 0 Å². The van der Waals surface area contributed by atoms with Crippen LogP contribution in [-0.4, -0.2) is 40.2 Å². The summed E-state index contributed by atoms with van der Waals surface area (Å²) in [4.78, 5) is 17.8. The summed E-state index contributed by atoms with van der Waals surface area (Å²) in [6.45, 7) is 8.31. The predicted molar refractivity (Wildman–Crippen MR) is 96.1 cm³/mol. The van der Waals surface area contributed by atoms with Crippen LogP contribution in [0.4, 0.5) is 4.79 Å². The topological polar surface area (TPSA) is 71.4 Å². The number of nitrogens with zero attached hydrogens (tertiary/aromatic N) is 1. The van der Waals surface area contributed by atoms with Crippen LogP contribution < -0.4 is 5.73 Å². The molecule has 2 aromatic rings. The standard InChI is InChI=1S/C19H27N3O2/c1-12-16(15-7-5-6-8-17(15)21-12)10-14-9-13(20)11-22(14)18(23)24-19(2,3)4/h5-8,13-14,21H,9-11,20H2,1-4H3/t13-,14+/m0/s1. The number of ether oxygens (including phenoxy) is 1. The van der Waals surface area contributed by atoms with E-state index in [1.165, 1.54) is 10.9 Å². The summed E-state index contributed by atoms with van der Waals surface area (Å²) in [6.07, 6.45) is 1.33. The molecule has 1 aliphatic rings. The van der Waals surface area contributed by atoms with Crippen molar-refractivity contribution in [3.63, 3.8) is 0 Å². The zero-order chi connectivity index (χ0) is 17.5. The van der Waals surface area contributed by atoms with Crippen LogP contribution in [-0.2, 0) is 11.2 Å². The first kappa shape index (κ1) is 16.8. The molecule has 0 spiro atoms. The molecular weight excluding hydrogens is 302 g/mol. The number of hydrogen-bond acceptors (Lipinski definition) is 3. The lowest BCUT2D eigenvalue weighted by Crippen LogP contribution is -2.41.